The van der Waals surface area contributed by atoms with E-state index in [1.54, 1.807) is 0 Å². The number of likely N-dealkylation sites (tertiary alicyclic amines) is 3. The molecule has 58 heavy (non-hydrogen) atoms. The topological polar surface area (TPSA) is 31.9 Å². The SMILES string of the molecule is CC(C)CCCN1CCN(C(C)C)CC1.CC(C)CCN(C)C1CCN(C(C)C)CC1.CC(C)CCN(C)C1CN(C(C)C)C1.CC(C)CCOC1CN(C(C)C)C1. The lowest BCUT2D eigenvalue weighted by atomic mass is 10.0. The molecule has 8 nitrogen and oxygen atoms in total. The van der Waals surface area contributed by atoms with Crippen molar-refractivity contribution in [2.75, 3.05) is 106 Å². The molecular weight excluding hydrogens is 715 g/mol. The second-order valence-corrected chi connectivity index (χ2v) is 21.6. The number of hydrogen-bond donors (Lipinski definition) is 0. The van der Waals surface area contributed by atoms with Crippen LogP contribution in [0.25, 0.3) is 0 Å². The van der Waals surface area contributed by atoms with Crippen molar-refractivity contribution in [1.82, 2.24) is 34.3 Å². The molecule has 0 aromatic heterocycles. The summed E-state index contributed by atoms with van der Waals surface area (Å²) in [5.74, 6) is 3.29. The minimum Gasteiger partial charge on any atom is -0.376 e. The van der Waals surface area contributed by atoms with E-state index in [1.807, 2.05) is 0 Å². The number of piperazine rings is 1. The quantitative estimate of drug-likeness (QED) is 0.120. The first-order valence-corrected chi connectivity index (χ1v) is 24.9. The maximum absolute atomic E-state index is 5.73. The van der Waals surface area contributed by atoms with Crippen LogP contribution in [-0.4, -0.2) is 182 Å². The third-order valence-corrected chi connectivity index (χ3v) is 13.3. The maximum atomic E-state index is 5.73. The summed E-state index contributed by atoms with van der Waals surface area (Å²) in [6.07, 6.45) is 9.83. The highest BCUT2D eigenvalue weighted by molar-refractivity contribution is 4.88. The summed E-state index contributed by atoms with van der Waals surface area (Å²) in [6, 6.07) is 4.50. The third-order valence-electron chi connectivity index (χ3n) is 13.3. The zero-order valence-electron chi connectivity index (χ0n) is 42.7. The summed E-state index contributed by atoms with van der Waals surface area (Å²) in [4.78, 5) is 17.9. The van der Waals surface area contributed by atoms with Crippen LogP contribution in [0.15, 0.2) is 0 Å². The highest BCUT2D eigenvalue weighted by Crippen LogP contribution is 2.19. The number of piperidine rings is 1. The molecule has 4 saturated heterocycles. The van der Waals surface area contributed by atoms with Gasteiger partial charge in [-0.3, -0.25) is 14.7 Å². The lowest BCUT2D eigenvalue weighted by Crippen LogP contribution is -2.60. The molecule has 4 aliphatic heterocycles. The van der Waals surface area contributed by atoms with Crippen LogP contribution in [0.3, 0.4) is 0 Å². The van der Waals surface area contributed by atoms with E-state index in [2.05, 4.69) is 159 Å². The average Bonchev–Trinajstić information content (AvgIpc) is 3.10. The predicted molar refractivity (Wildman–Crippen MR) is 258 cm³/mol. The van der Waals surface area contributed by atoms with Crippen LogP contribution in [0.5, 0.6) is 0 Å². The highest BCUT2D eigenvalue weighted by atomic mass is 16.5. The van der Waals surface area contributed by atoms with Gasteiger partial charge in [0.05, 0.1) is 6.10 Å². The number of ether oxygens (including phenoxy) is 1. The fraction of sp³-hybridized carbons (Fsp3) is 1.00. The van der Waals surface area contributed by atoms with Gasteiger partial charge >= 0.3 is 0 Å². The van der Waals surface area contributed by atoms with Gasteiger partial charge < -0.3 is 24.3 Å². The minimum absolute atomic E-state index is 0.515. The van der Waals surface area contributed by atoms with Gasteiger partial charge in [0.25, 0.3) is 0 Å². The number of hydrogen-bond acceptors (Lipinski definition) is 8. The summed E-state index contributed by atoms with van der Waals surface area (Å²) >= 11 is 0. The molecule has 0 N–H and O–H groups in total. The van der Waals surface area contributed by atoms with Crippen molar-refractivity contribution >= 4 is 0 Å². The Kier molecular flexibility index (Phi) is 29.5. The molecule has 8 heteroatoms. The molecule has 0 aliphatic carbocycles. The van der Waals surface area contributed by atoms with Crippen molar-refractivity contribution in [2.24, 2.45) is 23.7 Å². The third kappa shape index (κ3) is 25.0. The van der Waals surface area contributed by atoms with Gasteiger partial charge in [0, 0.05) is 95.2 Å². The number of rotatable bonds is 20. The molecule has 4 aliphatic rings. The fourth-order valence-electron chi connectivity index (χ4n) is 8.01. The van der Waals surface area contributed by atoms with E-state index in [1.165, 1.54) is 117 Å². The van der Waals surface area contributed by atoms with Crippen molar-refractivity contribution in [3.63, 3.8) is 0 Å². The Morgan fingerprint density at radius 1 is 0.448 bits per heavy atom. The molecular formula is C50H107N7O. The Labute approximate surface area is 365 Å². The standard InChI is InChI=1S/C14H30N2.C13H28N2.C12H26N2.C11H23NO/c1-12(2)6-9-15(5)14-7-10-16(11-8-14)13(3)4;1-12(2)6-5-7-14-8-10-15(11-9-14)13(3)4;1-10(2)6-7-13(5)12-8-14(9-12)11(3)4;1-9(2)5-6-13-11-7-12(8-11)10(3)4/h12-14H,6-11H2,1-5H3;12-13H,5-11H2,1-4H3;10-12H,6-9H2,1-5H3;9-11H,5-8H2,1-4H3. The Morgan fingerprint density at radius 2 is 0.845 bits per heavy atom. The molecule has 4 rings (SSSR count). The first-order valence-electron chi connectivity index (χ1n) is 24.9. The molecule has 0 atom stereocenters. The Hall–Kier alpha value is -0.320. The van der Waals surface area contributed by atoms with E-state index < -0.39 is 0 Å². The molecule has 0 aromatic rings. The smallest absolute Gasteiger partial charge is 0.0828 e. The molecule has 4 heterocycles. The molecule has 4 fully saturated rings. The van der Waals surface area contributed by atoms with E-state index >= 15 is 0 Å². The summed E-state index contributed by atoms with van der Waals surface area (Å²) in [5, 5.41) is 0. The van der Waals surface area contributed by atoms with Crippen molar-refractivity contribution in [1.29, 1.82) is 0 Å². The second kappa shape index (κ2) is 30.7. The molecule has 0 amide bonds. The van der Waals surface area contributed by atoms with Crippen molar-refractivity contribution in [2.45, 2.75) is 198 Å². The fourth-order valence-corrected chi connectivity index (χ4v) is 8.01. The lowest BCUT2D eigenvalue weighted by Gasteiger charge is -2.46. The molecule has 0 saturated carbocycles. The van der Waals surface area contributed by atoms with Crippen molar-refractivity contribution in [3.8, 4) is 0 Å². The first-order chi connectivity index (χ1) is 27.2. The number of likely N-dealkylation sites (N-methyl/N-ethyl adjacent to an activating group) is 1. The van der Waals surface area contributed by atoms with Crippen molar-refractivity contribution in [3.05, 3.63) is 0 Å². The van der Waals surface area contributed by atoms with Crippen LogP contribution >= 0.6 is 0 Å². The lowest BCUT2D eigenvalue weighted by molar-refractivity contribution is -0.0686. The summed E-state index contributed by atoms with van der Waals surface area (Å²) in [7, 11) is 4.57. The maximum Gasteiger partial charge on any atom is 0.0828 e. The summed E-state index contributed by atoms with van der Waals surface area (Å²) in [6.45, 7) is 53.8. The van der Waals surface area contributed by atoms with Gasteiger partial charge in [0.2, 0.25) is 0 Å². The zero-order chi connectivity index (χ0) is 43.9. The van der Waals surface area contributed by atoms with Gasteiger partial charge in [-0.2, -0.15) is 0 Å². The van der Waals surface area contributed by atoms with E-state index in [0.29, 0.717) is 12.1 Å². The van der Waals surface area contributed by atoms with Gasteiger partial charge in [-0.05, 0) is 171 Å². The van der Waals surface area contributed by atoms with E-state index in [9.17, 15) is 0 Å². The van der Waals surface area contributed by atoms with Crippen LogP contribution in [-0.2, 0) is 4.74 Å². The zero-order valence-corrected chi connectivity index (χ0v) is 42.7. The Balaban J connectivity index is 0.000000388. The van der Waals surface area contributed by atoms with Crippen LogP contribution in [0.1, 0.15) is 156 Å². The normalized spacial score (nSPS) is 20.1. The van der Waals surface area contributed by atoms with Gasteiger partial charge in [-0.15, -0.1) is 0 Å². The second-order valence-electron chi connectivity index (χ2n) is 21.6. The van der Waals surface area contributed by atoms with Crippen LogP contribution in [0.4, 0.5) is 0 Å². The van der Waals surface area contributed by atoms with E-state index in [4.69, 9.17) is 4.74 Å². The minimum atomic E-state index is 0.515. The first kappa shape index (κ1) is 55.7. The van der Waals surface area contributed by atoms with Crippen LogP contribution in [0.2, 0.25) is 0 Å². The van der Waals surface area contributed by atoms with Crippen molar-refractivity contribution < 1.29 is 4.74 Å². The molecule has 348 valence electrons. The summed E-state index contributed by atoms with van der Waals surface area (Å²) < 4.78 is 5.73. The molecule has 0 unspecified atom stereocenters. The van der Waals surface area contributed by atoms with Gasteiger partial charge in [0.1, 0.15) is 0 Å². The Morgan fingerprint density at radius 3 is 1.26 bits per heavy atom. The summed E-state index contributed by atoms with van der Waals surface area (Å²) in [5.41, 5.74) is 0. The largest absolute Gasteiger partial charge is 0.376 e. The predicted octanol–water partition coefficient (Wildman–Crippen LogP) is 9.48. The van der Waals surface area contributed by atoms with Crippen LogP contribution in [0, 0.1) is 23.7 Å². The Bertz CT molecular complexity index is 938. The van der Waals surface area contributed by atoms with Gasteiger partial charge in [0.15, 0.2) is 0 Å². The molecule has 0 spiro atoms. The molecule has 0 radical (unpaired) electrons. The number of nitrogens with zero attached hydrogens (tertiary/aromatic N) is 7. The average molecular weight is 822 g/mol. The van der Waals surface area contributed by atoms with E-state index in [-0.39, 0.29) is 0 Å². The van der Waals surface area contributed by atoms with Gasteiger partial charge in [-0.25, -0.2) is 0 Å². The van der Waals surface area contributed by atoms with Gasteiger partial charge in [-0.1, -0.05) is 55.4 Å². The monoisotopic (exact) mass is 822 g/mol. The van der Waals surface area contributed by atoms with Crippen LogP contribution < -0.4 is 0 Å². The highest BCUT2D eigenvalue weighted by Gasteiger charge is 2.31. The molecule has 0 aromatic carbocycles. The van der Waals surface area contributed by atoms with E-state index in [0.717, 1.165) is 73.6 Å². The molecule has 0 bridgehead atoms.